The highest BCUT2D eigenvalue weighted by atomic mass is 16.6. The molecule has 0 fully saturated rings. The summed E-state index contributed by atoms with van der Waals surface area (Å²) >= 11 is 0. The average Bonchev–Trinajstić information content (AvgIpc) is 2.61. The van der Waals surface area contributed by atoms with Gasteiger partial charge < -0.3 is 9.64 Å². The number of hydrogen-bond acceptors (Lipinski definition) is 6. The Kier molecular flexibility index (Phi) is 4.29. The lowest BCUT2D eigenvalue weighted by atomic mass is 10.1. The lowest BCUT2D eigenvalue weighted by Gasteiger charge is -2.26. The van der Waals surface area contributed by atoms with E-state index < -0.39 is 22.0 Å². The Labute approximate surface area is 147 Å². The number of ketones is 1. The van der Waals surface area contributed by atoms with Gasteiger partial charge in [0.25, 0.3) is 5.91 Å². The number of nitro groups is 1. The fourth-order valence-electron chi connectivity index (χ4n) is 2.68. The number of pyridine rings is 1. The number of nitrogens with zero attached hydrogens (tertiary/aromatic N) is 3. The molecule has 26 heavy (non-hydrogen) atoms. The Bertz CT molecular complexity index is 994. The monoisotopic (exact) mass is 357 g/mol. The smallest absolute Gasteiger partial charge is 0.334 e. The molecule has 0 unspecified atom stereocenters. The van der Waals surface area contributed by atoms with Gasteiger partial charge in [0.2, 0.25) is 0 Å². The highest BCUT2D eigenvalue weighted by Gasteiger charge is 2.24. The van der Waals surface area contributed by atoms with Crippen molar-refractivity contribution in [3.63, 3.8) is 0 Å². The van der Waals surface area contributed by atoms with Crippen LogP contribution >= 0.6 is 0 Å². The van der Waals surface area contributed by atoms with Gasteiger partial charge in [0.05, 0.1) is 17.2 Å². The van der Waals surface area contributed by atoms with Crippen LogP contribution in [-0.4, -0.2) is 34.8 Å². The SMILES string of the molecule is Cc1ccc([N+](=O)[O-])c(=O)n1CC(=O)c1ccc2c(c1)N(C)C(=O)CO2. The van der Waals surface area contributed by atoms with Gasteiger partial charge >= 0.3 is 11.2 Å². The number of amides is 1. The molecule has 3 rings (SSSR count). The molecule has 2 aromatic rings. The van der Waals surface area contributed by atoms with Crippen molar-refractivity contribution in [3.05, 3.63) is 62.1 Å². The summed E-state index contributed by atoms with van der Waals surface area (Å²) in [6.07, 6.45) is 0. The number of benzene rings is 1. The zero-order valence-electron chi connectivity index (χ0n) is 14.1. The van der Waals surface area contributed by atoms with Crippen LogP contribution in [0.5, 0.6) is 5.75 Å². The summed E-state index contributed by atoms with van der Waals surface area (Å²) in [7, 11) is 1.58. The second-order valence-corrected chi connectivity index (χ2v) is 5.86. The molecule has 1 aliphatic heterocycles. The van der Waals surface area contributed by atoms with E-state index in [0.29, 0.717) is 17.1 Å². The standard InChI is InChI=1S/C17H15N3O6/c1-10-3-5-12(20(24)25)17(23)19(10)8-14(21)11-4-6-15-13(7-11)18(2)16(22)9-26-15/h3-7H,8-9H2,1-2H3. The molecule has 0 atom stereocenters. The number of carbonyl (C=O) groups excluding carboxylic acids is 2. The van der Waals surface area contributed by atoms with Gasteiger partial charge in [0.1, 0.15) is 5.75 Å². The maximum atomic E-state index is 12.6. The maximum Gasteiger partial charge on any atom is 0.334 e. The zero-order valence-corrected chi connectivity index (χ0v) is 14.1. The number of aryl methyl sites for hydroxylation is 1. The van der Waals surface area contributed by atoms with E-state index in [2.05, 4.69) is 0 Å². The Morgan fingerprint density at radius 2 is 2.00 bits per heavy atom. The number of hydrogen-bond donors (Lipinski definition) is 0. The second kappa shape index (κ2) is 6.43. The molecule has 0 aliphatic carbocycles. The van der Waals surface area contributed by atoms with Crippen LogP contribution in [0.2, 0.25) is 0 Å². The van der Waals surface area contributed by atoms with Crippen molar-refractivity contribution < 1.29 is 19.2 Å². The van der Waals surface area contributed by atoms with E-state index in [1.165, 1.54) is 23.1 Å². The number of fused-ring (bicyclic) bond motifs is 1. The normalized spacial score (nSPS) is 13.2. The predicted molar refractivity (Wildman–Crippen MR) is 91.8 cm³/mol. The van der Waals surface area contributed by atoms with E-state index in [1.54, 1.807) is 20.0 Å². The topological polar surface area (TPSA) is 112 Å². The molecule has 1 amide bonds. The second-order valence-electron chi connectivity index (χ2n) is 5.86. The predicted octanol–water partition coefficient (Wildman–Crippen LogP) is 1.30. The molecule has 1 aromatic heterocycles. The van der Waals surface area contributed by atoms with Crippen molar-refractivity contribution in [2.75, 3.05) is 18.6 Å². The zero-order chi connectivity index (χ0) is 19.0. The third kappa shape index (κ3) is 2.94. The number of Topliss-reactive ketones (excluding diaryl/α,β-unsaturated/α-hetero) is 1. The van der Waals surface area contributed by atoms with Crippen LogP contribution in [-0.2, 0) is 11.3 Å². The highest BCUT2D eigenvalue weighted by Crippen LogP contribution is 2.32. The summed E-state index contributed by atoms with van der Waals surface area (Å²) in [5, 5.41) is 10.9. The molecule has 0 N–H and O–H groups in total. The molecule has 0 radical (unpaired) electrons. The lowest BCUT2D eigenvalue weighted by molar-refractivity contribution is -0.386. The van der Waals surface area contributed by atoms with E-state index in [-0.39, 0.29) is 24.6 Å². The Morgan fingerprint density at radius 1 is 1.27 bits per heavy atom. The molecule has 1 aromatic carbocycles. The fraction of sp³-hybridized carbons (Fsp3) is 0.235. The van der Waals surface area contributed by atoms with Crippen LogP contribution in [0.25, 0.3) is 0 Å². The highest BCUT2D eigenvalue weighted by molar-refractivity contribution is 6.01. The summed E-state index contributed by atoms with van der Waals surface area (Å²) in [5.41, 5.74) is -0.269. The van der Waals surface area contributed by atoms with Gasteiger partial charge in [-0.1, -0.05) is 0 Å². The summed E-state index contributed by atoms with van der Waals surface area (Å²) in [5.74, 6) is -0.176. The lowest BCUT2D eigenvalue weighted by Crippen LogP contribution is -2.35. The minimum Gasteiger partial charge on any atom is -0.482 e. The number of carbonyl (C=O) groups is 2. The van der Waals surface area contributed by atoms with E-state index >= 15 is 0 Å². The molecular formula is C17H15N3O6. The average molecular weight is 357 g/mol. The van der Waals surface area contributed by atoms with Crippen LogP contribution in [0.4, 0.5) is 11.4 Å². The molecule has 0 bridgehead atoms. The summed E-state index contributed by atoms with van der Waals surface area (Å²) < 4.78 is 6.37. The number of likely N-dealkylation sites (N-methyl/N-ethyl adjacent to an activating group) is 1. The molecule has 2 heterocycles. The first-order valence-electron chi connectivity index (χ1n) is 7.71. The van der Waals surface area contributed by atoms with E-state index in [4.69, 9.17) is 4.74 Å². The Morgan fingerprint density at radius 3 is 2.69 bits per heavy atom. The van der Waals surface area contributed by atoms with Crippen molar-refractivity contribution in [2.45, 2.75) is 13.5 Å². The van der Waals surface area contributed by atoms with Crippen LogP contribution in [0.3, 0.4) is 0 Å². The quantitative estimate of drug-likeness (QED) is 0.463. The van der Waals surface area contributed by atoms with Crippen molar-refractivity contribution in [1.82, 2.24) is 4.57 Å². The van der Waals surface area contributed by atoms with Gasteiger partial charge in [0.15, 0.2) is 12.4 Å². The Hall–Kier alpha value is -3.49. The third-order valence-electron chi connectivity index (χ3n) is 4.24. The van der Waals surface area contributed by atoms with Crippen LogP contribution in [0.1, 0.15) is 16.1 Å². The summed E-state index contributed by atoms with van der Waals surface area (Å²) in [6, 6.07) is 7.15. The number of aromatic nitrogens is 1. The van der Waals surface area contributed by atoms with Crippen molar-refractivity contribution in [2.24, 2.45) is 0 Å². The molecular weight excluding hydrogens is 342 g/mol. The number of anilines is 1. The summed E-state index contributed by atoms with van der Waals surface area (Å²) in [4.78, 5) is 48.1. The van der Waals surface area contributed by atoms with E-state index in [0.717, 1.165) is 10.6 Å². The Balaban J connectivity index is 1.95. The molecule has 9 nitrogen and oxygen atoms in total. The van der Waals surface area contributed by atoms with Crippen molar-refractivity contribution in [1.29, 1.82) is 0 Å². The first-order valence-corrected chi connectivity index (χ1v) is 7.71. The van der Waals surface area contributed by atoms with Crippen LogP contribution < -0.4 is 15.2 Å². The molecule has 1 aliphatic rings. The number of rotatable bonds is 4. The van der Waals surface area contributed by atoms with Gasteiger partial charge in [-0.2, -0.15) is 0 Å². The van der Waals surface area contributed by atoms with E-state index in [9.17, 15) is 24.5 Å². The van der Waals surface area contributed by atoms with Crippen molar-refractivity contribution >= 4 is 23.1 Å². The summed E-state index contributed by atoms with van der Waals surface area (Å²) in [6.45, 7) is 1.17. The largest absolute Gasteiger partial charge is 0.482 e. The molecule has 0 spiro atoms. The van der Waals surface area contributed by atoms with Crippen LogP contribution in [0.15, 0.2) is 35.1 Å². The van der Waals surface area contributed by atoms with Gasteiger partial charge in [-0.15, -0.1) is 0 Å². The third-order valence-corrected chi connectivity index (χ3v) is 4.24. The van der Waals surface area contributed by atoms with Crippen molar-refractivity contribution in [3.8, 4) is 5.75 Å². The molecule has 9 heteroatoms. The number of ether oxygens (including phenoxy) is 1. The first-order chi connectivity index (χ1) is 12.3. The molecule has 0 saturated heterocycles. The molecule has 0 saturated carbocycles. The maximum absolute atomic E-state index is 12.6. The fourth-order valence-corrected chi connectivity index (χ4v) is 2.68. The van der Waals surface area contributed by atoms with Gasteiger partial charge in [-0.3, -0.25) is 29.1 Å². The van der Waals surface area contributed by atoms with Gasteiger partial charge in [-0.05, 0) is 31.2 Å². The van der Waals surface area contributed by atoms with E-state index in [1.807, 2.05) is 0 Å². The van der Waals surface area contributed by atoms with Gasteiger partial charge in [0, 0.05) is 24.4 Å². The van der Waals surface area contributed by atoms with Gasteiger partial charge in [-0.25, -0.2) is 0 Å². The first kappa shape index (κ1) is 17.3. The minimum absolute atomic E-state index is 0.0704. The molecule has 134 valence electrons. The minimum atomic E-state index is -0.836. The van der Waals surface area contributed by atoms with Crippen LogP contribution in [0, 0.1) is 17.0 Å².